The lowest BCUT2D eigenvalue weighted by Gasteiger charge is -2.18. The molecule has 1 fully saturated rings. The van der Waals surface area contributed by atoms with Gasteiger partial charge in [-0.15, -0.1) is 0 Å². The van der Waals surface area contributed by atoms with Gasteiger partial charge in [0, 0.05) is 35.3 Å². The molecule has 8 nitrogen and oxygen atoms in total. The molecule has 4 N–H and O–H groups in total. The number of rotatable bonds is 6. The maximum absolute atomic E-state index is 12.6. The Morgan fingerprint density at radius 2 is 1.94 bits per heavy atom. The summed E-state index contributed by atoms with van der Waals surface area (Å²) in [7, 11) is 0. The normalized spacial score (nSPS) is 18.0. The Morgan fingerprint density at radius 1 is 1.16 bits per heavy atom. The number of amides is 2. The van der Waals surface area contributed by atoms with E-state index in [0.717, 1.165) is 22.2 Å². The summed E-state index contributed by atoms with van der Waals surface area (Å²) in [4.78, 5) is 28.8. The molecule has 1 aliphatic heterocycles. The number of carbonyl (C=O) groups is 2. The van der Waals surface area contributed by atoms with Gasteiger partial charge in [-0.3, -0.25) is 19.8 Å². The van der Waals surface area contributed by atoms with E-state index in [1.807, 2.05) is 37.3 Å². The van der Waals surface area contributed by atoms with Crippen LogP contribution in [0.3, 0.4) is 0 Å². The molecule has 0 radical (unpaired) electrons. The lowest BCUT2D eigenvalue weighted by molar-refractivity contribution is -0.133. The van der Waals surface area contributed by atoms with Crippen LogP contribution >= 0.6 is 0 Å². The third kappa shape index (κ3) is 4.65. The third-order valence-electron chi connectivity index (χ3n) is 5.42. The maximum Gasteiger partial charge on any atom is 0.251 e. The van der Waals surface area contributed by atoms with Crippen LogP contribution in [-0.4, -0.2) is 41.1 Å². The molecule has 31 heavy (non-hydrogen) atoms. The van der Waals surface area contributed by atoms with Gasteiger partial charge in [0.05, 0.1) is 17.5 Å². The summed E-state index contributed by atoms with van der Waals surface area (Å²) in [6, 6.07) is 16.4. The lowest BCUT2D eigenvalue weighted by atomic mass is 10.0. The Balaban J connectivity index is 1.40. The molecule has 1 saturated heterocycles. The first-order valence-electron chi connectivity index (χ1n) is 10.1. The highest BCUT2D eigenvalue weighted by atomic mass is 16.5. The Morgan fingerprint density at radius 3 is 2.71 bits per heavy atom. The van der Waals surface area contributed by atoms with Crippen molar-refractivity contribution in [3.8, 4) is 5.75 Å². The predicted octanol–water partition coefficient (Wildman–Crippen LogP) is 1.95. The Hall–Kier alpha value is -3.49. The van der Waals surface area contributed by atoms with E-state index in [0.29, 0.717) is 31.0 Å². The van der Waals surface area contributed by atoms with Gasteiger partial charge < -0.3 is 15.4 Å². The zero-order valence-electron chi connectivity index (χ0n) is 17.1. The summed E-state index contributed by atoms with van der Waals surface area (Å²) in [5, 5.41) is 15.8. The molecule has 160 valence electrons. The van der Waals surface area contributed by atoms with E-state index < -0.39 is 17.9 Å². The number of nitrogens with zero attached hydrogens (tertiary/aromatic N) is 1. The van der Waals surface area contributed by atoms with Gasteiger partial charge in [0.1, 0.15) is 12.4 Å². The molecule has 0 bridgehead atoms. The van der Waals surface area contributed by atoms with Crippen molar-refractivity contribution in [1.29, 1.82) is 0 Å². The highest BCUT2D eigenvalue weighted by Crippen LogP contribution is 2.21. The van der Waals surface area contributed by atoms with Crippen molar-refractivity contribution in [1.82, 2.24) is 21.1 Å². The van der Waals surface area contributed by atoms with E-state index in [-0.39, 0.29) is 5.91 Å². The van der Waals surface area contributed by atoms with Crippen molar-refractivity contribution in [2.45, 2.75) is 19.6 Å². The molecule has 2 heterocycles. The van der Waals surface area contributed by atoms with Gasteiger partial charge in [-0.2, -0.15) is 0 Å². The molecule has 1 aromatic heterocycles. The van der Waals surface area contributed by atoms with Crippen LogP contribution in [0.4, 0.5) is 0 Å². The maximum atomic E-state index is 12.6. The average Bonchev–Trinajstić information content (AvgIpc) is 3.25. The lowest BCUT2D eigenvalue weighted by Crippen LogP contribution is -2.45. The number of hydrogen-bond acceptors (Lipinski definition) is 6. The van der Waals surface area contributed by atoms with Gasteiger partial charge in [-0.05, 0) is 43.3 Å². The van der Waals surface area contributed by atoms with Crippen LogP contribution in [0.5, 0.6) is 5.75 Å². The zero-order valence-corrected chi connectivity index (χ0v) is 17.1. The summed E-state index contributed by atoms with van der Waals surface area (Å²) in [6.45, 7) is 3.21. The number of ether oxygens (including phenoxy) is 1. The van der Waals surface area contributed by atoms with Crippen molar-refractivity contribution in [3.05, 3.63) is 71.4 Å². The molecule has 2 amide bonds. The average molecular weight is 420 g/mol. The summed E-state index contributed by atoms with van der Waals surface area (Å²) in [5.41, 5.74) is 5.02. The number of para-hydroxylation sites is 1. The van der Waals surface area contributed by atoms with Crippen LogP contribution in [-0.2, 0) is 11.4 Å². The molecule has 0 saturated carbocycles. The van der Waals surface area contributed by atoms with Crippen LogP contribution in [0, 0.1) is 12.8 Å². The molecule has 4 rings (SSSR count). The predicted molar refractivity (Wildman–Crippen MR) is 115 cm³/mol. The molecule has 0 spiro atoms. The fraction of sp³-hybridized carbons (Fsp3) is 0.261. The highest BCUT2D eigenvalue weighted by molar-refractivity contribution is 5.95. The number of nitrogens with one attached hydrogen (secondary N) is 3. The number of fused-ring (bicyclic) bond motifs is 1. The number of carbonyl (C=O) groups excluding carboxylic acids is 2. The number of benzene rings is 2. The van der Waals surface area contributed by atoms with Crippen molar-refractivity contribution < 1.29 is 19.5 Å². The number of aryl methyl sites for hydroxylation is 1. The van der Waals surface area contributed by atoms with E-state index in [1.165, 1.54) is 0 Å². The van der Waals surface area contributed by atoms with Crippen molar-refractivity contribution >= 4 is 22.7 Å². The number of hydrogen-bond donors (Lipinski definition) is 4. The Labute approximate surface area is 179 Å². The number of pyridine rings is 1. The van der Waals surface area contributed by atoms with E-state index in [4.69, 9.17) is 9.94 Å². The first kappa shape index (κ1) is 20.8. The van der Waals surface area contributed by atoms with Gasteiger partial charge in [0.25, 0.3) is 5.91 Å². The molecule has 2 atom stereocenters. The largest absolute Gasteiger partial charge is 0.489 e. The topological polar surface area (TPSA) is 113 Å². The van der Waals surface area contributed by atoms with E-state index >= 15 is 0 Å². The first-order valence-corrected chi connectivity index (χ1v) is 10.1. The molecular weight excluding hydrogens is 396 g/mol. The van der Waals surface area contributed by atoms with Crippen LogP contribution in [0.15, 0.2) is 54.6 Å². The van der Waals surface area contributed by atoms with Gasteiger partial charge in [0.15, 0.2) is 0 Å². The van der Waals surface area contributed by atoms with E-state index in [9.17, 15) is 9.59 Å². The molecule has 8 heteroatoms. The Kier molecular flexibility index (Phi) is 6.11. The minimum Gasteiger partial charge on any atom is -0.489 e. The minimum atomic E-state index is -0.518. The quantitative estimate of drug-likeness (QED) is 0.358. The van der Waals surface area contributed by atoms with Crippen LogP contribution in [0.1, 0.15) is 21.6 Å². The minimum absolute atomic E-state index is 0.285. The van der Waals surface area contributed by atoms with Crippen molar-refractivity contribution in [2.24, 2.45) is 5.92 Å². The van der Waals surface area contributed by atoms with Gasteiger partial charge >= 0.3 is 0 Å². The number of hydroxylamine groups is 1. The summed E-state index contributed by atoms with van der Waals surface area (Å²) < 4.78 is 5.94. The van der Waals surface area contributed by atoms with Crippen LogP contribution < -0.4 is 20.9 Å². The SMILES string of the molecule is Cc1cc(COc2ccc(C(=O)NC3CNCC3C(=O)NO)cc2)c2ccccc2n1. The fourth-order valence-electron chi connectivity index (χ4n) is 3.82. The van der Waals surface area contributed by atoms with Gasteiger partial charge in [-0.1, -0.05) is 18.2 Å². The molecule has 3 aromatic rings. The standard InChI is InChI=1S/C23H24N4O4/c1-14-10-16(18-4-2-3-5-20(18)25-14)13-31-17-8-6-15(7-9-17)22(28)26-21-12-24-11-19(21)23(29)27-30/h2-10,19,21,24,30H,11-13H2,1H3,(H,26,28)(H,27,29). The van der Waals surface area contributed by atoms with Gasteiger partial charge in [-0.25, -0.2) is 5.48 Å². The second-order valence-electron chi connectivity index (χ2n) is 7.57. The first-order chi connectivity index (χ1) is 15.0. The van der Waals surface area contributed by atoms with E-state index in [1.54, 1.807) is 29.7 Å². The van der Waals surface area contributed by atoms with Crippen molar-refractivity contribution in [3.63, 3.8) is 0 Å². The van der Waals surface area contributed by atoms with Crippen LogP contribution in [0.2, 0.25) is 0 Å². The van der Waals surface area contributed by atoms with Gasteiger partial charge in [0.2, 0.25) is 5.91 Å². The summed E-state index contributed by atoms with van der Waals surface area (Å²) >= 11 is 0. The highest BCUT2D eigenvalue weighted by Gasteiger charge is 2.34. The molecule has 2 aromatic carbocycles. The number of aromatic nitrogens is 1. The summed E-state index contributed by atoms with van der Waals surface area (Å²) in [5.74, 6) is -0.671. The van der Waals surface area contributed by atoms with Crippen molar-refractivity contribution in [2.75, 3.05) is 13.1 Å². The molecule has 0 aliphatic carbocycles. The smallest absolute Gasteiger partial charge is 0.251 e. The van der Waals surface area contributed by atoms with Crippen LogP contribution in [0.25, 0.3) is 10.9 Å². The fourth-order valence-corrected chi connectivity index (χ4v) is 3.82. The second-order valence-corrected chi connectivity index (χ2v) is 7.57. The molecular formula is C23H24N4O4. The Bertz CT molecular complexity index is 1100. The second kappa shape index (κ2) is 9.11. The third-order valence-corrected chi connectivity index (χ3v) is 5.42. The summed E-state index contributed by atoms with van der Waals surface area (Å²) in [6.07, 6.45) is 0. The molecule has 1 aliphatic rings. The molecule has 2 unspecified atom stereocenters. The van der Waals surface area contributed by atoms with E-state index in [2.05, 4.69) is 15.6 Å². The monoisotopic (exact) mass is 420 g/mol. The zero-order chi connectivity index (χ0) is 21.8.